The van der Waals surface area contributed by atoms with Crippen molar-refractivity contribution in [3.63, 3.8) is 0 Å². The molecule has 42 heavy (non-hydrogen) atoms. The molecule has 1 amide bonds. The maximum Gasteiger partial charge on any atom is 0.416 e. The lowest BCUT2D eigenvalue weighted by molar-refractivity contribution is -0.138. The van der Waals surface area contributed by atoms with Crippen molar-refractivity contribution in [1.82, 2.24) is 19.3 Å². The minimum atomic E-state index is -4.65. The number of rotatable bonds is 6. The highest BCUT2D eigenvalue weighted by molar-refractivity contribution is 6.10. The SMILES string of the molecule is Cn1cnnc1CC1(c2cccc(N3Cc4c(cc(Cn5cc6ccc(F)cc6c5)cc4C(F)(F)F)C3=O)c2)COC1. The molecule has 0 bridgehead atoms. The number of ether oxygens (including phenoxy) is 1. The molecule has 214 valence electrons. The van der Waals surface area contributed by atoms with Gasteiger partial charge in [0.1, 0.15) is 18.0 Å². The van der Waals surface area contributed by atoms with Crippen LogP contribution in [0.25, 0.3) is 10.8 Å². The molecule has 0 atom stereocenters. The summed E-state index contributed by atoms with van der Waals surface area (Å²) in [5, 5.41) is 9.57. The van der Waals surface area contributed by atoms with Crippen molar-refractivity contribution in [2.75, 3.05) is 18.1 Å². The molecule has 0 N–H and O–H groups in total. The van der Waals surface area contributed by atoms with E-state index in [4.69, 9.17) is 4.74 Å². The summed E-state index contributed by atoms with van der Waals surface area (Å²) in [7, 11) is 1.87. The van der Waals surface area contributed by atoms with Gasteiger partial charge in [0.05, 0.1) is 25.3 Å². The van der Waals surface area contributed by atoms with E-state index in [0.29, 0.717) is 36.3 Å². The summed E-state index contributed by atoms with van der Waals surface area (Å²) < 4.78 is 65.7. The molecule has 0 unspecified atom stereocenters. The number of benzene rings is 3. The fourth-order valence-electron chi connectivity index (χ4n) is 5.99. The first-order valence-electron chi connectivity index (χ1n) is 13.4. The van der Waals surface area contributed by atoms with Gasteiger partial charge in [0.2, 0.25) is 0 Å². The van der Waals surface area contributed by atoms with Gasteiger partial charge in [0.15, 0.2) is 0 Å². The molecular formula is C31H25F4N5O2. The van der Waals surface area contributed by atoms with Gasteiger partial charge in [-0.3, -0.25) is 4.79 Å². The Labute approximate surface area is 238 Å². The summed E-state index contributed by atoms with van der Waals surface area (Å²) in [6.07, 6.45) is 0.982. The highest BCUT2D eigenvalue weighted by atomic mass is 19.4. The van der Waals surface area contributed by atoms with Crippen molar-refractivity contribution in [1.29, 1.82) is 0 Å². The number of halogens is 4. The Bertz CT molecular complexity index is 1850. The molecule has 2 aliphatic heterocycles. The number of carbonyl (C=O) groups is 1. The van der Waals surface area contributed by atoms with Gasteiger partial charge in [-0.1, -0.05) is 12.1 Å². The molecular weight excluding hydrogens is 550 g/mol. The molecule has 1 fully saturated rings. The summed E-state index contributed by atoms with van der Waals surface area (Å²) in [5.74, 6) is -0.0887. The van der Waals surface area contributed by atoms with E-state index in [1.807, 2.05) is 29.8 Å². The molecule has 4 heterocycles. The lowest BCUT2D eigenvalue weighted by Crippen LogP contribution is -2.49. The monoisotopic (exact) mass is 575 g/mol. The zero-order chi connectivity index (χ0) is 29.2. The predicted octanol–water partition coefficient (Wildman–Crippen LogP) is 5.65. The highest BCUT2D eigenvalue weighted by Gasteiger charge is 2.43. The number of hydrogen-bond donors (Lipinski definition) is 0. The molecule has 0 saturated carbocycles. The van der Waals surface area contributed by atoms with Crippen LogP contribution in [0.4, 0.5) is 23.2 Å². The highest BCUT2D eigenvalue weighted by Crippen LogP contribution is 2.41. The van der Waals surface area contributed by atoms with Crippen LogP contribution in [0.5, 0.6) is 0 Å². The standard InChI is InChI=1S/C31H25F4N5O2/c1-38-18-36-37-28(38)11-30(16-42-17-30)22-3-2-4-24(10-22)40-15-26-25(29(40)41)7-19(8-27(26)31(33,34)35)12-39-13-20-5-6-23(32)9-21(20)14-39/h2-10,13-14,18H,11-12,15-17H2,1H3. The number of fused-ring (bicyclic) bond motifs is 2. The molecule has 0 spiro atoms. The summed E-state index contributed by atoms with van der Waals surface area (Å²) in [6, 6.07) is 14.3. The van der Waals surface area contributed by atoms with Crippen molar-refractivity contribution >= 4 is 22.4 Å². The smallest absolute Gasteiger partial charge is 0.379 e. The van der Waals surface area contributed by atoms with E-state index in [0.717, 1.165) is 22.8 Å². The third-order valence-corrected chi connectivity index (χ3v) is 8.26. The maximum atomic E-state index is 14.3. The first-order chi connectivity index (χ1) is 20.1. The molecule has 0 radical (unpaired) electrons. The lowest BCUT2D eigenvalue weighted by Gasteiger charge is -2.42. The third kappa shape index (κ3) is 4.44. The predicted molar refractivity (Wildman–Crippen MR) is 147 cm³/mol. The van der Waals surface area contributed by atoms with Gasteiger partial charge in [-0.25, -0.2) is 4.39 Å². The van der Waals surface area contributed by atoms with Crippen molar-refractivity contribution in [2.45, 2.75) is 31.1 Å². The van der Waals surface area contributed by atoms with Crippen LogP contribution in [0.1, 0.15) is 38.4 Å². The van der Waals surface area contributed by atoms with Crippen LogP contribution in [-0.4, -0.2) is 38.5 Å². The summed E-state index contributed by atoms with van der Waals surface area (Å²) >= 11 is 0. The number of amides is 1. The van der Waals surface area contributed by atoms with Crippen LogP contribution in [0.2, 0.25) is 0 Å². The zero-order valence-electron chi connectivity index (χ0n) is 22.5. The minimum Gasteiger partial charge on any atom is -0.379 e. The van der Waals surface area contributed by atoms with E-state index in [2.05, 4.69) is 10.2 Å². The van der Waals surface area contributed by atoms with Gasteiger partial charge in [-0.2, -0.15) is 13.2 Å². The molecule has 3 aromatic carbocycles. The molecule has 2 aromatic heterocycles. The van der Waals surface area contributed by atoms with Crippen molar-refractivity contribution < 1.29 is 27.1 Å². The third-order valence-electron chi connectivity index (χ3n) is 8.26. The molecule has 5 aromatic rings. The quantitative estimate of drug-likeness (QED) is 0.246. The first kappa shape index (κ1) is 26.4. The molecule has 7 rings (SSSR count). The van der Waals surface area contributed by atoms with Crippen molar-refractivity contribution in [3.05, 3.63) is 113 Å². The second-order valence-corrected chi connectivity index (χ2v) is 11.1. The van der Waals surface area contributed by atoms with Crippen LogP contribution in [-0.2, 0) is 42.9 Å². The number of hydrogen-bond acceptors (Lipinski definition) is 4. The van der Waals surface area contributed by atoms with Gasteiger partial charge < -0.3 is 18.8 Å². The Balaban J connectivity index is 1.22. The molecule has 2 aliphatic rings. The minimum absolute atomic E-state index is 0.0359. The Morgan fingerprint density at radius 3 is 2.55 bits per heavy atom. The summed E-state index contributed by atoms with van der Waals surface area (Å²) in [5.41, 5.74) is 0.573. The Morgan fingerprint density at radius 1 is 1.02 bits per heavy atom. The average molecular weight is 576 g/mol. The summed E-state index contributed by atoms with van der Waals surface area (Å²) in [6.45, 7) is 0.826. The van der Waals surface area contributed by atoms with Crippen LogP contribution in [0, 0.1) is 5.82 Å². The molecule has 11 heteroatoms. The van der Waals surface area contributed by atoms with Gasteiger partial charge in [-0.15, -0.1) is 10.2 Å². The molecule has 0 aliphatic carbocycles. The normalized spacial score (nSPS) is 16.2. The largest absolute Gasteiger partial charge is 0.416 e. The van der Waals surface area contributed by atoms with Gasteiger partial charge in [-0.05, 0) is 64.5 Å². The van der Waals surface area contributed by atoms with Crippen molar-refractivity contribution in [2.24, 2.45) is 7.05 Å². The fraction of sp³-hybridized carbons (Fsp3) is 0.258. The fourth-order valence-corrected chi connectivity index (χ4v) is 5.99. The number of alkyl halides is 3. The number of nitrogens with zero attached hydrogens (tertiary/aromatic N) is 5. The lowest BCUT2D eigenvalue weighted by atomic mass is 9.75. The van der Waals surface area contributed by atoms with Crippen LogP contribution in [0.15, 0.2) is 73.3 Å². The van der Waals surface area contributed by atoms with Crippen molar-refractivity contribution in [3.8, 4) is 0 Å². The van der Waals surface area contributed by atoms with Crippen LogP contribution in [0.3, 0.4) is 0 Å². The Hall–Kier alpha value is -4.51. The van der Waals surface area contributed by atoms with Crippen LogP contribution < -0.4 is 4.90 Å². The topological polar surface area (TPSA) is 65.2 Å². The second-order valence-electron chi connectivity index (χ2n) is 11.1. The van der Waals surface area contributed by atoms with Gasteiger partial charge in [0, 0.05) is 54.5 Å². The first-order valence-corrected chi connectivity index (χ1v) is 13.4. The van der Waals surface area contributed by atoms with Gasteiger partial charge >= 0.3 is 6.18 Å². The number of aryl methyl sites for hydroxylation is 1. The van der Waals surface area contributed by atoms with E-state index in [9.17, 15) is 22.4 Å². The number of aromatic nitrogens is 4. The van der Waals surface area contributed by atoms with E-state index in [1.165, 1.54) is 23.1 Å². The van der Waals surface area contributed by atoms with E-state index in [1.54, 1.807) is 35.4 Å². The Morgan fingerprint density at radius 2 is 1.83 bits per heavy atom. The maximum absolute atomic E-state index is 14.3. The van der Waals surface area contributed by atoms with Gasteiger partial charge in [0.25, 0.3) is 5.91 Å². The second kappa shape index (κ2) is 9.52. The Kier molecular flexibility index (Phi) is 5.98. The molecule has 7 nitrogen and oxygen atoms in total. The van der Waals surface area contributed by atoms with E-state index < -0.39 is 23.5 Å². The van der Waals surface area contributed by atoms with E-state index >= 15 is 0 Å². The van der Waals surface area contributed by atoms with Crippen LogP contribution >= 0.6 is 0 Å². The zero-order valence-corrected chi connectivity index (χ0v) is 22.5. The number of anilines is 1. The average Bonchev–Trinajstić information content (AvgIpc) is 3.61. The number of carbonyl (C=O) groups excluding carboxylic acids is 1. The molecule has 1 saturated heterocycles. The van der Waals surface area contributed by atoms with E-state index in [-0.39, 0.29) is 29.6 Å². The summed E-state index contributed by atoms with van der Waals surface area (Å²) in [4.78, 5) is 15.1.